The summed E-state index contributed by atoms with van der Waals surface area (Å²) in [5, 5.41) is 10.8. The minimum atomic E-state index is 0.613. The molecule has 0 spiro atoms. The van der Waals surface area contributed by atoms with Crippen LogP contribution < -0.4 is 0 Å². The highest BCUT2D eigenvalue weighted by Crippen LogP contribution is 2.33. The van der Waals surface area contributed by atoms with Crippen LogP contribution in [0.15, 0.2) is 66.5 Å². The van der Waals surface area contributed by atoms with Gasteiger partial charge in [-0.3, -0.25) is 9.55 Å². The molecule has 128 valence electrons. The van der Waals surface area contributed by atoms with E-state index in [9.17, 15) is 5.26 Å². The topological polar surface area (TPSA) is 54.0 Å². The van der Waals surface area contributed by atoms with E-state index in [1.165, 1.54) is 0 Å². The van der Waals surface area contributed by atoms with Crippen LogP contribution >= 0.6 is 0 Å². The van der Waals surface area contributed by atoms with Crippen LogP contribution in [-0.2, 0) is 0 Å². The Morgan fingerprint density at radius 2 is 2.00 bits per heavy atom. The number of hydrogen-bond donors (Lipinski definition) is 0. The molecule has 0 saturated carbocycles. The lowest BCUT2D eigenvalue weighted by Gasteiger charge is -2.10. The fourth-order valence-electron chi connectivity index (χ4n) is 2.97. The molecule has 4 nitrogen and oxygen atoms in total. The first kappa shape index (κ1) is 17.4. The van der Waals surface area contributed by atoms with Crippen molar-refractivity contribution in [2.75, 3.05) is 0 Å². The van der Waals surface area contributed by atoms with Crippen LogP contribution in [0.25, 0.3) is 22.3 Å². The van der Waals surface area contributed by atoms with Gasteiger partial charge in [0.15, 0.2) is 0 Å². The fraction of sp³-hybridized carbons (Fsp3) is 0.136. The maximum Gasteiger partial charge on any atom is 0.110 e. The zero-order valence-electron chi connectivity index (χ0n) is 15.2. The van der Waals surface area contributed by atoms with Gasteiger partial charge in [-0.05, 0) is 50.6 Å². The number of aliphatic imine (C=N–C) groups is 1. The van der Waals surface area contributed by atoms with E-state index in [0.29, 0.717) is 5.56 Å². The summed E-state index contributed by atoms with van der Waals surface area (Å²) >= 11 is 0. The Morgan fingerprint density at radius 1 is 1.23 bits per heavy atom. The summed E-state index contributed by atoms with van der Waals surface area (Å²) < 4.78 is 2.00. The van der Waals surface area contributed by atoms with Gasteiger partial charge in [0.25, 0.3) is 0 Å². The van der Waals surface area contributed by atoms with E-state index in [1.807, 2.05) is 61.9 Å². The summed E-state index contributed by atoms with van der Waals surface area (Å²) in [6, 6.07) is 12.4. The second-order valence-corrected chi connectivity index (χ2v) is 6.17. The Kier molecular flexibility index (Phi) is 4.81. The monoisotopic (exact) mass is 340 g/mol. The number of aromatic nitrogens is 2. The Labute approximate surface area is 153 Å². The van der Waals surface area contributed by atoms with E-state index < -0.39 is 0 Å². The number of allylic oxidation sites excluding steroid dienone is 2. The van der Waals surface area contributed by atoms with Gasteiger partial charge < -0.3 is 0 Å². The molecule has 0 N–H and O–H groups in total. The average molecular weight is 340 g/mol. The molecule has 0 saturated heterocycles. The van der Waals surface area contributed by atoms with Crippen LogP contribution in [0.2, 0.25) is 0 Å². The summed E-state index contributed by atoms with van der Waals surface area (Å²) in [5.74, 6) is 0.760. The second-order valence-electron chi connectivity index (χ2n) is 6.17. The zero-order valence-corrected chi connectivity index (χ0v) is 15.2. The molecule has 0 radical (unpaired) electrons. The highest BCUT2D eigenvalue weighted by molar-refractivity contribution is 6.03. The van der Waals surface area contributed by atoms with Gasteiger partial charge in [-0.25, -0.2) is 4.99 Å². The molecule has 0 bridgehead atoms. The number of hydrogen-bond acceptors (Lipinski definition) is 3. The molecule has 26 heavy (non-hydrogen) atoms. The van der Waals surface area contributed by atoms with Crippen molar-refractivity contribution in [3.05, 3.63) is 78.1 Å². The first-order chi connectivity index (χ1) is 12.6. The number of fused-ring (bicyclic) bond motifs is 1. The highest BCUT2D eigenvalue weighted by Gasteiger charge is 2.21. The molecule has 0 aliphatic carbocycles. The van der Waals surface area contributed by atoms with E-state index >= 15 is 0 Å². The van der Waals surface area contributed by atoms with Gasteiger partial charge in [0, 0.05) is 17.8 Å². The van der Waals surface area contributed by atoms with Crippen molar-refractivity contribution in [3.8, 4) is 17.5 Å². The predicted molar refractivity (Wildman–Crippen MR) is 107 cm³/mol. The average Bonchev–Trinajstić information content (AvgIpc) is 2.95. The van der Waals surface area contributed by atoms with Crippen molar-refractivity contribution in [2.45, 2.75) is 20.8 Å². The van der Waals surface area contributed by atoms with Gasteiger partial charge in [0.1, 0.15) is 11.9 Å². The van der Waals surface area contributed by atoms with Crippen LogP contribution in [0.5, 0.6) is 0 Å². The third kappa shape index (κ3) is 3.07. The molecule has 3 aromatic rings. The molecule has 0 atom stereocenters. The van der Waals surface area contributed by atoms with Crippen molar-refractivity contribution in [1.82, 2.24) is 9.55 Å². The maximum absolute atomic E-state index is 9.87. The number of rotatable bonds is 3. The number of benzene rings is 1. The van der Waals surface area contributed by atoms with E-state index in [4.69, 9.17) is 0 Å². The van der Waals surface area contributed by atoms with Crippen LogP contribution in [0.3, 0.4) is 0 Å². The predicted octanol–water partition coefficient (Wildman–Crippen LogP) is 5.16. The first-order valence-electron chi connectivity index (χ1n) is 8.37. The molecule has 4 heteroatoms. The maximum atomic E-state index is 9.87. The third-order valence-electron chi connectivity index (χ3n) is 4.20. The molecule has 0 fully saturated rings. The largest absolute Gasteiger partial charge is 0.295 e. The lowest BCUT2D eigenvalue weighted by atomic mass is 10.1. The van der Waals surface area contributed by atoms with E-state index in [-0.39, 0.29) is 0 Å². The molecule has 2 aromatic heterocycles. The smallest absolute Gasteiger partial charge is 0.110 e. The van der Waals surface area contributed by atoms with Crippen molar-refractivity contribution < 1.29 is 0 Å². The normalized spacial score (nSPS) is 11.8. The van der Waals surface area contributed by atoms with Crippen LogP contribution in [-0.4, -0.2) is 15.4 Å². The highest BCUT2D eigenvalue weighted by atomic mass is 15.1. The second kappa shape index (κ2) is 7.20. The van der Waals surface area contributed by atoms with E-state index in [0.717, 1.165) is 39.3 Å². The molecule has 0 aliphatic rings. The fourth-order valence-corrected chi connectivity index (χ4v) is 2.97. The van der Waals surface area contributed by atoms with Gasteiger partial charge in [0.2, 0.25) is 0 Å². The first-order valence-corrected chi connectivity index (χ1v) is 8.37. The lowest BCUT2D eigenvalue weighted by molar-refractivity contribution is 1.15. The minimum Gasteiger partial charge on any atom is -0.295 e. The van der Waals surface area contributed by atoms with Gasteiger partial charge in [-0.15, -0.1) is 0 Å². The van der Waals surface area contributed by atoms with Crippen molar-refractivity contribution in [1.29, 1.82) is 5.26 Å². The van der Waals surface area contributed by atoms with Crippen molar-refractivity contribution in [2.24, 2.45) is 4.99 Å². The Bertz CT molecular complexity index is 1070. The Hall–Kier alpha value is -3.45. The van der Waals surface area contributed by atoms with Crippen LogP contribution in [0.4, 0.5) is 0 Å². The number of aryl methyl sites for hydroxylation is 2. The molecule has 3 rings (SSSR count). The van der Waals surface area contributed by atoms with Crippen molar-refractivity contribution >= 4 is 16.7 Å². The van der Waals surface area contributed by atoms with Gasteiger partial charge in [0.05, 0.1) is 22.5 Å². The zero-order chi connectivity index (χ0) is 18.7. The minimum absolute atomic E-state index is 0.613. The molecular formula is C22H20N4. The summed E-state index contributed by atoms with van der Waals surface area (Å²) in [7, 11) is 0. The molecule has 2 heterocycles. The molecule has 1 aromatic carbocycles. The van der Waals surface area contributed by atoms with Gasteiger partial charge >= 0.3 is 0 Å². The van der Waals surface area contributed by atoms with Gasteiger partial charge in [-0.1, -0.05) is 30.4 Å². The Balaban J connectivity index is 2.40. The van der Waals surface area contributed by atoms with E-state index in [1.54, 1.807) is 18.4 Å². The quantitative estimate of drug-likeness (QED) is 0.376. The Morgan fingerprint density at radius 3 is 2.65 bits per heavy atom. The molecule has 0 unspecified atom stereocenters. The van der Waals surface area contributed by atoms with E-state index in [2.05, 4.69) is 22.6 Å². The number of pyridine rings is 1. The van der Waals surface area contributed by atoms with Gasteiger partial charge in [-0.2, -0.15) is 5.26 Å². The van der Waals surface area contributed by atoms with Crippen LogP contribution in [0.1, 0.15) is 23.6 Å². The summed E-state index contributed by atoms with van der Waals surface area (Å²) in [5.41, 5.74) is 5.26. The summed E-state index contributed by atoms with van der Waals surface area (Å²) in [4.78, 5) is 9.05. The third-order valence-corrected chi connectivity index (χ3v) is 4.20. The SMILES string of the molecule is C=C/C=C\N=C(C)n1c(-c2ccc(C)cn2)c(C#N)c2cc(C)ccc21. The van der Waals surface area contributed by atoms with Crippen LogP contribution in [0, 0.1) is 25.2 Å². The lowest BCUT2D eigenvalue weighted by Crippen LogP contribution is -2.09. The van der Waals surface area contributed by atoms with Crippen molar-refractivity contribution in [3.63, 3.8) is 0 Å². The summed E-state index contributed by atoms with van der Waals surface area (Å²) in [6.07, 6.45) is 6.96. The molecule has 0 amide bonds. The number of nitriles is 1. The summed E-state index contributed by atoms with van der Waals surface area (Å²) in [6.45, 7) is 9.60. The molecular weight excluding hydrogens is 320 g/mol. The number of nitrogens with zero attached hydrogens (tertiary/aromatic N) is 4. The molecule has 0 aliphatic heterocycles. The standard InChI is InChI=1S/C22H20N4/c1-5-6-11-24-17(4)26-21-10-8-15(2)12-18(21)19(13-23)22(26)20-9-7-16(3)14-25-20/h5-12,14H,1H2,2-4H3/b11-6-,24-17?.